The molecule has 23 heavy (non-hydrogen) atoms. The van der Waals surface area contributed by atoms with E-state index < -0.39 is 5.97 Å². The van der Waals surface area contributed by atoms with E-state index in [4.69, 9.17) is 0 Å². The third kappa shape index (κ3) is 2.60. The first-order valence-electron chi connectivity index (χ1n) is 6.98. The summed E-state index contributed by atoms with van der Waals surface area (Å²) in [4.78, 5) is 11.5. The van der Waals surface area contributed by atoms with E-state index in [1.165, 1.54) is 7.11 Å². The Hall–Kier alpha value is -3.32. The minimum absolute atomic E-state index is 0.163. The fourth-order valence-corrected chi connectivity index (χ4v) is 2.58. The largest absolute Gasteiger partial charge is 0.508 e. The molecule has 0 bridgehead atoms. The van der Waals surface area contributed by atoms with Gasteiger partial charge in [-0.1, -0.05) is 24.3 Å². The number of hydrogen-bond donors (Lipinski definition) is 1. The van der Waals surface area contributed by atoms with Crippen LogP contribution in [0.2, 0.25) is 0 Å². The lowest BCUT2D eigenvalue weighted by Crippen LogP contribution is -2.00. The molecule has 0 unspecified atom stereocenters. The molecule has 0 heterocycles. The molecule has 0 radical (unpaired) electrons. The number of phenols is 1. The molecule has 0 saturated heterocycles. The van der Waals surface area contributed by atoms with E-state index in [0.29, 0.717) is 11.1 Å². The molecule has 3 rings (SSSR count). The van der Waals surface area contributed by atoms with Crippen LogP contribution in [0.1, 0.15) is 15.9 Å². The van der Waals surface area contributed by atoms with Gasteiger partial charge in [-0.05, 0) is 41.3 Å². The smallest absolute Gasteiger partial charge is 0.337 e. The number of methoxy groups -OCH3 is 1. The number of rotatable bonds is 2. The molecule has 0 aliphatic heterocycles. The second kappa shape index (κ2) is 5.82. The Labute approximate surface area is 133 Å². The molecule has 0 spiro atoms. The lowest BCUT2D eigenvalue weighted by atomic mass is 9.94. The quantitative estimate of drug-likeness (QED) is 0.729. The zero-order chi connectivity index (χ0) is 16.4. The lowest BCUT2D eigenvalue weighted by Gasteiger charge is -2.09. The van der Waals surface area contributed by atoms with Crippen LogP contribution in [0.3, 0.4) is 0 Å². The van der Waals surface area contributed by atoms with Crippen molar-refractivity contribution in [2.45, 2.75) is 0 Å². The van der Waals surface area contributed by atoms with Gasteiger partial charge >= 0.3 is 5.97 Å². The maximum Gasteiger partial charge on any atom is 0.337 e. The minimum Gasteiger partial charge on any atom is -0.508 e. The summed E-state index contributed by atoms with van der Waals surface area (Å²) < 4.78 is 4.68. The highest BCUT2D eigenvalue weighted by Gasteiger charge is 2.11. The maximum absolute atomic E-state index is 11.5. The van der Waals surface area contributed by atoms with Crippen LogP contribution in [-0.4, -0.2) is 18.2 Å². The molecule has 112 valence electrons. The number of ether oxygens (including phenoxy) is 1. The number of benzene rings is 3. The first-order valence-corrected chi connectivity index (χ1v) is 6.98. The number of aromatic hydroxyl groups is 1. The highest BCUT2D eigenvalue weighted by atomic mass is 16.5. The lowest BCUT2D eigenvalue weighted by molar-refractivity contribution is 0.0601. The first kappa shape index (κ1) is 14.6. The Bertz CT molecular complexity index is 937. The second-order valence-electron chi connectivity index (χ2n) is 5.07. The fourth-order valence-electron chi connectivity index (χ4n) is 2.58. The van der Waals surface area contributed by atoms with Crippen molar-refractivity contribution < 1.29 is 14.6 Å². The summed E-state index contributed by atoms with van der Waals surface area (Å²) in [6, 6.07) is 17.8. The van der Waals surface area contributed by atoms with Gasteiger partial charge in [-0.2, -0.15) is 5.26 Å². The van der Waals surface area contributed by atoms with Crippen molar-refractivity contribution in [3.8, 4) is 22.9 Å². The summed E-state index contributed by atoms with van der Waals surface area (Å²) in [6.07, 6.45) is 0. The van der Waals surface area contributed by atoms with Gasteiger partial charge in [0.15, 0.2) is 0 Å². The van der Waals surface area contributed by atoms with Gasteiger partial charge in [0.2, 0.25) is 0 Å². The first-order chi connectivity index (χ1) is 11.1. The average molecular weight is 303 g/mol. The molecule has 3 aromatic rings. The van der Waals surface area contributed by atoms with E-state index >= 15 is 0 Å². The van der Waals surface area contributed by atoms with Crippen molar-refractivity contribution >= 4 is 16.7 Å². The van der Waals surface area contributed by atoms with E-state index in [2.05, 4.69) is 10.8 Å². The van der Waals surface area contributed by atoms with Crippen LogP contribution in [0.15, 0.2) is 54.6 Å². The molecule has 0 aliphatic carbocycles. The van der Waals surface area contributed by atoms with Gasteiger partial charge in [0, 0.05) is 10.9 Å². The van der Waals surface area contributed by atoms with Crippen molar-refractivity contribution in [1.29, 1.82) is 5.26 Å². The summed E-state index contributed by atoms with van der Waals surface area (Å²) in [5.74, 6) is -0.234. The van der Waals surface area contributed by atoms with Crippen LogP contribution >= 0.6 is 0 Å². The molecular weight excluding hydrogens is 290 g/mol. The number of hydrogen-bond acceptors (Lipinski definition) is 4. The van der Waals surface area contributed by atoms with Crippen LogP contribution in [-0.2, 0) is 4.74 Å². The molecule has 1 N–H and O–H groups in total. The van der Waals surface area contributed by atoms with Crippen molar-refractivity contribution in [3.63, 3.8) is 0 Å². The zero-order valence-corrected chi connectivity index (χ0v) is 12.4. The number of nitriles is 1. The topological polar surface area (TPSA) is 70.3 Å². The third-order valence-corrected chi connectivity index (χ3v) is 3.73. The number of nitrogens with zero attached hydrogens (tertiary/aromatic N) is 1. The molecule has 4 heteroatoms. The van der Waals surface area contributed by atoms with Gasteiger partial charge in [0.1, 0.15) is 11.8 Å². The molecule has 0 aliphatic rings. The molecule has 4 nitrogen and oxygen atoms in total. The molecule has 0 amide bonds. The maximum atomic E-state index is 11.5. The molecule has 0 fully saturated rings. The predicted octanol–water partition coefficient (Wildman–Crippen LogP) is 3.87. The van der Waals surface area contributed by atoms with Crippen LogP contribution in [0, 0.1) is 11.3 Å². The van der Waals surface area contributed by atoms with Crippen LogP contribution < -0.4 is 0 Å². The molecule has 0 aromatic heterocycles. The van der Waals surface area contributed by atoms with E-state index in [-0.39, 0.29) is 5.75 Å². The van der Waals surface area contributed by atoms with Gasteiger partial charge in [-0.15, -0.1) is 0 Å². The van der Waals surface area contributed by atoms with Gasteiger partial charge in [0.25, 0.3) is 0 Å². The number of fused-ring (bicyclic) bond motifs is 1. The van der Waals surface area contributed by atoms with E-state index in [9.17, 15) is 15.2 Å². The highest BCUT2D eigenvalue weighted by molar-refractivity contribution is 5.95. The highest BCUT2D eigenvalue weighted by Crippen LogP contribution is 2.31. The SMILES string of the molecule is COC(=O)c1ccc(-c2ccc3cc(O)ccc3c2C#N)cc1. The van der Waals surface area contributed by atoms with Gasteiger partial charge in [0.05, 0.1) is 18.2 Å². The summed E-state index contributed by atoms with van der Waals surface area (Å²) in [7, 11) is 1.34. The standard InChI is InChI=1S/C19H13NO3/c1-23-19(22)13-4-2-12(3-5-13)16-8-6-14-10-15(21)7-9-17(14)18(16)11-20/h2-10,21H,1H3. The van der Waals surface area contributed by atoms with E-state index in [1.54, 1.807) is 42.5 Å². The monoisotopic (exact) mass is 303 g/mol. The van der Waals surface area contributed by atoms with Crippen molar-refractivity contribution in [3.05, 3.63) is 65.7 Å². The summed E-state index contributed by atoms with van der Waals surface area (Å²) >= 11 is 0. The van der Waals surface area contributed by atoms with Gasteiger partial charge in [-0.3, -0.25) is 0 Å². The van der Waals surface area contributed by atoms with Crippen LogP contribution in [0.4, 0.5) is 0 Å². The van der Waals surface area contributed by atoms with Crippen molar-refractivity contribution in [2.75, 3.05) is 7.11 Å². The average Bonchev–Trinajstić information content (AvgIpc) is 2.60. The third-order valence-electron chi connectivity index (χ3n) is 3.73. The number of carbonyl (C=O) groups is 1. The Morgan fingerprint density at radius 1 is 1.09 bits per heavy atom. The summed E-state index contributed by atoms with van der Waals surface area (Å²) in [5.41, 5.74) is 2.61. The molecular formula is C19H13NO3. The van der Waals surface area contributed by atoms with Crippen molar-refractivity contribution in [1.82, 2.24) is 0 Å². The molecule has 3 aromatic carbocycles. The Kier molecular flexibility index (Phi) is 3.70. The molecule has 0 saturated carbocycles. The van der Waals surface area contributed by atoms with Crippen molar-refractivity contribution in [2.24, 2.45) is 0 Å². The number of phenolic OH excluding ortho intramolecular Hbond substituents is 1. The van der Waals surface area contributed by atoms with E-state index in [1.807, 2.05) is 12.1 Å². The zero-order valence-electron chi connectivity index (χ0n) is 12.4. The normalized spacial score (nSPS) is 10.3. The Morgan fingerprint density at radius 3 is 2.48 bits per heavy atom. The predicted molar refractivity (Wildman–Crippen MR) is 87.1 cm³/mol. The van der Waals surface area contributed by atoms with Crippen LogP contribution in [0.5, 0.6) is 5.75 Å². The second-order valence-corrected chi connectivity index (χ2v) is 5.07. The number of esters is 1. The number of carbonyl (C=O) groups excluding carboxylic acids is 1. The summed E-state index contributed by atoms with van der Waals surface area (Å²) in [5, 5.41) is 20.7. The van der Waals surface area contributed by atoms with Gasteiger partial charge in [-0.25, -0.2) is 4.79 Å². The Balaban J connectivity index is 2.15. The van der Waals surface area contributed by atoms with Crippen LogP contribution in [0.25, 0.3) is 21.9 Å². The summed E-state index contributed by atoms with van der Waals surface area (Å²) in [6.45, 7) is 0. The fraction of sp³-hybridized carbons (Fsp3) is 0.0526. The molecule has 0 atom stereocenters. The van der Waals surface area contributed by atoms with Gasteiger partial charge < -0.3 is 9.84 Å². The minimum atomic E-state index is -0.397. The van der Waals surface area contributed by atoms with E-state index in [0.717, 1.165) is 21.9 Å². The Morgan fingerprint density at radius 2 is 1.83 bits per heavy atom.